The fourth-order valence-electron chi connectivity index (χ4n) is 5.05. The molecule has 0 spiro atoms. The Labute approximate surface area is 239 Å². The van der Waals surface area contributed by atoms with Gasteiger partial charge in [0, 0.05) is 22.9 Å². The van der Waals surface area contributed by atoms with Crippen molar-refractivity contribution in [3.05, 3.63) is 95.1 Å². The van der Waals surface area contributed by atoms with Gasteiger partial charge in [-0.1, -0.05) is 55.7 Å². The van der Waals surface area contributed by atoms with Crippen LogP contribution in [0.1, 0.15) is 76.8 Å². The van der Waals surface area contributed by atoms with Crippen LogP contribution in [0.25, 0.3) is 0 Å². The lowest BCUT2D eigenvalue weighted by molar-refractivity contribution is -0.462. The highest BCUT2D eigenvalue weighted by Gasteiger charge is 2.23. The molecule has 1 atom stereocenters. The number of carboxylic acids is 1. The fraction of sp³-hybridized carbons (Fsp3) is 0.312. The number of primary amides is 1. The monoisotopic (exact) mass is 558 g/mol. The number of nitrogens with two attached hydrogens (primary N) is 1. The number of rotatable bonds is 10. The van der Waals surface area contributed by atoms with E-state index in [0.717, 1.165) is 11.3 Å². The van der Waals surface area contributed by atoms with Crippen molar-refractivity contribution in [3.8, 4) is 0 Å². The van der Waals surface area contributed by atoms with E-state index in [1.165, 1.54) is 49.9 Å². The number of carbonyl (C=O) groups excluding carboxylic acids is 3. The van der Waals surface area contributed by atoms with E-state index >= 15 is 0 Å². The highest BCUT2D eigenvalue weighted by atomic mass is 16.4. The standard InChI is InChI=1S/C32H35N3O6/c1-21(36)26-8-5-9-27(18-26)34-32(41)35(28-16-14-24(15-17-28)23-6-3-2-4-7-23)20-22-10-12-25(13-11-22)30(38)33-19-29(37)31(39)40/h5,8-18,23,29,37H,2-4,6-7,19-20H2,1H3,(H,33,38)(H,34,41)(H,39,40)/p+1/t29-/m1/s1. The average Bonchev–Trinajstić information content (AvgIpc) is 2.99. The van der Waals surface area contributed by atoms with Crippen LogP contribution in [0.15, 0.2) is 72.8 Å². The van der Waals surface area contributed by atoms with Crippen LogP contribution in [-0.4, -0.2) is 46.6 Å². The molecule has 0 bridgehead atoms. The summed E-state index contributed by atoms with van der Waals surface area (Å²) >= 11 is 0. The summed E-state index contributed by atoms with van der Waals surface area (Å²) in [5, 5.41) is 22.1. The van der Waals surface area contributed by atoms with Crippen LogP contribution in [0.5, 0.6) is 0 Å². The number of nitrogens with zero attached hydrogens (tertiary/aromatic N) is 1. The molecule has 0 radical (unpaired) electrons. The van der Waals surface area contributed by atoms with Crippen molar-refractivity contribution in [2.45, 2.75) is 57.6 Å². The smallest absolute Gasteiger partial charge is 0.425 e. The summed E-state index contributed by atoms with van der Waals surface area (Å²) in [5.41, 5.74) is 4.25. The lowest BCUT2D eigenvalue weighted by atomic mass is 9.84. The van der Waals surface area contributed by atoms with Gasteiger partial charge in [-0.2, -0.15) is 0 Å². The molecule has 3 aromatic rings. The molecule has 1 saturated carbocycles. The Hall–Kier alpha value is -4.34. The van der Waals surface area contributed by atoms with Gasteiger partial charge in [-0.25, -0.2) is 14.9 Å². The number of urea groups is 1. The number of hydrogen-bond donors (Lipinski definition) is 4. The molecule has 9 heteroatoms. The molecule has 41 heavy (non-hydrogen) atoms. The van der Waals surface area contributed by atoms with Crippen molar-refractivity contribution < 1.29 is 34.7 Å². The Balaban J connectivity index is 1.53. The molecule has 3 amide bonds. The van der Waals surface area contributed by atoms with E-state index < -0.39 is 24.5 Å². The van der Waals surface area contributed by atoms with Gasteiger partial charge in [0.2, 0.25) is 0 Å². The molecule has 9 nitrogen and oxygen atoms in total. The number of carboxylic acid groups (broad SMARTS) is 1. The lowest BCUT2D eigenvalue weighted by Gasteiger charge is -2.24. The second-order valence-electron chi connectivity index (χ2n) is 10.4. The summed E-state index contributed by atoms with van der Waals surface area (Å²) in [6, 6.07) is 21.5. The van der Waals surface area contributed by atoms with Gasteiger partial charge < -0.3 is 15.5 Å². The van der Waals surface area contributed by atoms with Gasteiger partial charge in [0.15, 0.2) is 11.9 Å². The maximum Gasteiger partial charge on any atom is 0.425 e. The number of aliphatic hydroxyl groups is 1. The van der Waals surface area contributed by atoms with E-state index in [9.17, 15) is 24.3 Å². The highest BCUT2D eigenvalue weighted by Crippen LogP contribution is 2.33. The molecule has 5 N–H and O–H groups in total. The first-order chi connectivity index (χ1) is 19.7. The molecule has 214 valence electrons. The maximum absolute atomic E-state index is 13.6. The van der Waals surface area contributed by atoms with Gasteiger partial charge in [0.05, 0.1) is 13.1 Å². The van der Waals surface area contributed by atoms with E-state index in [4.69, 9.17) is 5.11 Å². The number of Topliss-reactive ketones (excluding diaryl/α,β-unsaturated/α-hetero) is 1. The molecular formula is C32H36N3O6+. The van der Waals surface area contributed by atoms with Crippen LogP contribution in [0.2, 0.25) is 0 Å². The number of benzene rings is 3. The topological polar surface area (TPSA) is 141 Å². The van der Waals surface area contributed by atoms with Crippen LogP contribution in [-0.2, 0) is 11.3 Å². The molecule has 0 heterocycles. The molecule has 0 saturated heterocycles. The second kappa shape index (κ2) is 13.8. The first-order valence-corrected chi connectivity index (χ1v) is 13.9. The minimum atomic E-state index is -1.69. The third-order valence-corrected chi connectivity index (χ3v) is 7.43. The van der Waals surface area contributed by atoms with Gasteiger partial charge >= 0.3 is 12.0 Å². The third-order valence-electron chi connectivity index (χ3n) is 7.43. The first-order valence-electron chi connectivity index (χ1n) is 13.9. The summed E-state index contributed by atoms with van der Waals surface area (Å²) in [6.45, 7) is 1.32. The van der Waals surface area contributed by atoms with Crippen molar-refractivity contribution in [2.24, 2.45) is 0 Å². The number of aliphatic hydroxyl groups excluding tert-OH is 1. The highest BCUT2D eigenvalue weighted by molar-refractivity contribution is 5.95. The van der Waals surface area contributed by atoms with Crippen LogP contribution in [0, 0.1) is 0 Å². The zero-order chi connectivity index (χ0) is 29.4. The predicted molar refractivity (Wildman–Crippen MR) is 154 cm³/mol. The molecule has 3 aromatic carbocycles. The molecule has 0 aliphatic heterocycles. The summed E-state index contributed by atoms with van der Waals surface area (Å²) in [6.07, 6.45) is 4.42. The van der Waals surface area contributed by atoms with Crippen LogP contribution >= 0.6 is 0 Å². The zero-order valence-corrected chi connectivity index (χ0v) is 23.1. The van der Waals surface area contributed by atoms with Crippen molar-refractivity contribution in [3.63, 3.8) is 0 Å². The summed E-state index contributed by atoms with van der Waals surface area (Å²) in [4.78, 5) is 50.3. The SMILES string of the molecule is CC(=O)c1cccc([NH2+]C(=O)N(Cc2ccc(C(=O)NC[C@@H](O)C(=O)O)cc2)c2ccc(C3CCCCC3)cc2)c1. The fourth-order valence-corrected chi connectivity index (χ4v) is 5.05. The molecule has 0 aromatic heterocycles. The Bertz CT molecular complexity index is 1380. The van der Waals surface area contributed by atoms with E-state index in [-0.39, 0.29) is 18.4 Å². The number of amides is 3. The number of carbonyl (C=O) groups is 4. The van der Waals surface area contributed by atoms with Gasteiger partial charge in [0.1, 0.15) is 5.69 Å². The summed E-state index contributed by atoms with van der Waals surface area (Å²) in [5.74, 6) is -1.47. The van der Waals surface area contributed by atoms with Gasteiger partial charge in [-0.3, -0.25) is 14.5 Å². The van der Waals surface area contributed by atoms with Crippen molar-refractivity contribution in [1.29, 1.82) is 0 Å². The van der Waals surface area contributed by atoms with E-state index in [0.29, 0.717) is 22.7 Å². The third kappa shape index (κ3) is 8.09. The predicted octanol–water partition coefficient (Wildman–Crippen LogP) is 4.13. The Morgan fingerprint density at radius 2 is 1.61 bits per heavy atom. The molecule has 0 unspecified atom stereocenters. The Morgan fingerprint density at radius 1 is 0.927 bits per heavy atom. The molecule has 4 rings (SSSR count). The van der Waals surface area contributed by atoms with Crippen molar-refractivity contribution in [2.75, 3.05) is 11.4 Å². The Kier molecular flexibility index (Phi) is 10.00. The quantitative estimate of drug-likeness (QED) is 0.218. The van der Waals surface area contributed by atoms with Crippen LogP contribution in [0.4, 0.5) is 16.2 Å². The summed E-state index contributed by atoms with van der Waals surface area (Å²) < 4.78 is 0. The van der Waals surface area contributed by atoms with Crippen LogP contribution < -0.4 is 15.5 Å². The number of quaternary nitrogens is 1. The van der Waals surface area contributed by atoms with Gasteiger partial charge in [0.25, 0.3) is 5.91 Å². The zero-order valence-electron chi connectivity index (χ0n) is 23.1. The first kappa shape index (κ1) is 29.6. The lowest BCUT2D eigenvalue weighted by Crippen LogP contribution is -2.85. The molecule has 1 fully saturated rings. The van der Waals surface area contributed by atoms with E-state index in [1.807, 2.05) is 12.1 Å². The number of ketones is 1. The van der Waals surface area contributed by atoms with E-state index in [1.54, 1.807) is 53.4 Å². The summed E-state index contributed by atoms with van der Waals surface area (Å²) in [7, 11) is 0. The largest absolute Gasteiger partial charge is 0.479 e. The van der Waals surface area contributed by atoms with E-state index in [2.05, 4.69) is 17.4 Å². The van der Waals surface area contributed by atoms with Gasteiger partial charge in [-0.15, -0.1) is 0 Å². The Morgan fingerprint density at radius 3 is 2.24 bits per heavy atom. The second-order valence-corrected chi connectivity index (χ2v) is 10.4. The molecular weight excluding hydrogens is 522 g/mol. The molecule has 1 aliphatic carbocycles. The number of nitrogens with one attached hydrogen (secondary N) is 1. The average molecular weight is 559 g/mol. The number of anilines is 1. The minimum Gasteiger partial charge on any atom is -0.479 e. The van der Waals surface area contributed by atoms with Crippen molar-refractivity contribution in [1.82, 2.24) is 5.32 Å². The maximum atomic E-state index is 13.6. The number of hydrogen-bond acceptors (Lipinski definition) is 5. The van der Waals surface area contributed by atoms with Gasteiger partial charge in [-0.05, 0) is 67.1 Å². The number of aliphatic carboxylic acids is 1. The molecule has 1 aliphatic rings. The minimum absolute atomic E-state index is 0.0792. The van der Waals surface area contributed by atoms with Crippen molar-refractivity contribution >= 4 is 35.1 Å². The normalized spacial score (nSPS) is 14.2. The van der Waals surface area contributed by atoms with Crippen LogP contribution in [0.3, 0.4) is 0 Å².